The monoisotopic (exact) mass is 432 g/mol. The Kier molecular flexibility index (Phi) is 5.51. The Morgan fingerprint density at radius 3 is 2.52 bits per heavy atom. The maximum Gasteiger partial charge on any atom is 0.285 e. The Morgan fingerprint density at radius 2 is 1.83 bits per heavy atom. The summed E-state index contributed by atoms with van der Waals surface area (Å²) >= 11 is 1.34. The van der Waals surface area contributed by atoms with Crippen LogP contribution in [0.2, 0.25) is 0 Å². The molecule has 2 atom stereocenters. The van der Waals surface area contributed by atoms with Gasteiger partial charge in [-0.05, 0) is 36.4 Å². The number of hydrogen-bond donors (Lipinski definition) is 0. The molecule has 9 heteroatoms. The summed E-state index contributed by atoms with van der Waals surface area (Å²) < 4.78 is 34.9. The molecule has 0 aliphatic carbocycles. The fourth-order valence-electron chi connectivity index (χ4n) is 3.41. The quantitative estimate of drug-likeness (QED) is 0.717. The Bertz CT molecular complexity index is 1020. The number of amides is 1. The third-order valence-electron chi connectivity index (χ3n) is 4.74. The number of ether oxygens (including phenoxy) is 2. The van der Waals surface area contributed by atoms with Crippen LogP contribution in [0.1, 0.15) is 0 Å². The lowest BCUT2D eigenvalue weighted by Crippen LogP contribution is -2.37. The van der Waals surface area contributed by atoms with Gasteiger partial charge in [-0.1, -0.05) is 30.0 Å². The molecule has 29 heavy (non-hydrogen) atoms. The van der Waals surface area contributed by atoms with Crippen molar-refractivity contribution in [2.45, 2.75) is 11.3 Å². The minimum atomic E-state index is -3.11. The zero-order valence-corrected chi connectivity index (χ0v) is 17.4. The zero-order valence-electron chi connectivity index (χ0n) is 15.7. The van der Waals surface area contributed by atoms with Crippen LogP contribution in [0.3, 0.4) is 0 Å². The lowest BCUT2D eigenvalue weighted by Gasteiger charge is -2.24. The summed E-state index contributed by atoms with van der Waals surface area (Å²) in [7, 11) is -1.53. The van der Waals surface area contributed by atoms with E-state index in [1.165, 1.54) is 11.8 Å². The van der Waals surface area contributed by atoms with Crippen molar-refractivity contribution in [1.82, 2.24) is 0 Å². The van der Waals surface area contributed by atoms with E-state index in [0.717, 1.165) is 5.69 Å². The summed E-state index contributed by atoms with van der Waals surface area (Å²) in [5.41, 5.74) is 0.776. The van der Waals surface area contributed by atoms with Gasteiger partial charge >= 0.3 is 0 Å². The van der Waals surface area contributed by atoms with Gasteiger partial charge in [0, 0.05) is 10.9 Å². The number of carbonyl (C=O) groups excluding carboxylic acids is 1. The zero-order chi connectivity index (χ0) is 20.4. The Balaban J connectivity index is 1.57. The Labute approximate surface area is 173 Å². The predicted octanol–water partition coefficient (Wildman–Crippen LogP) is 2.38. The molecule has 2 aromatic rings. The highest BCUT2D eigenvalue weighted by Gasteiger charge is 2.49. The normalized spacial score (nSPS) is 23.8. The second-order valence-corrected chi connectivity index (χ2v) is 10.1. The minimum absolute atomic E-state index is 0.0461. The molecule has 1 amide bonds. The topological polar surface area (TPSA) is 85.3 Å². The lowest BCUT2D eigenvalue weighted by atomic mass is 10.2. The molecule has 2 fully saturated rings. The highest BCUT2D eigenvalue weighted by molar-refractivity contribution is 8.16. The summed E-state index contributed by atoms with van der Waals surface area (Å²) in [6.45, 7) is -0.182. The molecule has 7 nitrogen and oxygen atoms in total. The molecule has 2 aliphatic heterocycles. The van der Waals surface area contributed by atoms with Crippen molar-refractivity contribution < 1.29 is 22.7 Å². The third kappa shape index (κ3) is 4.40. The molecule has 2 aliphatic rings. The lowest BCUT2D eigenvalue weighted by molar-refractivity contribution is -0.119. The standard InChI is InChI=1S/C20H20N2O5S2/c1-26-15-9-7-14(8-10-15)22-17-12-29(24,25)13-18(17)28-20(22)21-19(23)11-27-16-5-3-2-4-6-16/h2-10,17-18H,11-13H2,1H3. The molecular weight excluding hydrogens is 412 g/mol. The van der Waals surface area contributed by atoms with Crippen molar-refractivity contribution in [2.24, 2.45) is 4.99 Å². The van der Waals surface area contributed by atoms with Crippen LogP contribution >= 0.6 is 11.8 Å². The van der Waals surface area contributed by atoms with Crippen LogP contribution in [0.5, 0.6) is 11.5 Å². The Hall–Kier alpha value is -2.52. The van der Waals surface area contributed by atoms with Gasteiger partial charge in [0.25, 0.3) is 5.91 Å². The van der Waals surface area contributed by atoms with Crippen molar-refractivity contribution in [1.29, 1.82) is 0 Å². The van der Waals surface area contributed by atoms with Crippen molar-refractivity contribution >= 4 is 38.4 Å². The van der Waals surface area contributed by atoms with E-state index in [9.17, 15) is 13.2 Å². The van der Waals surface area contributed by atoms with Gasteiger partial charge in [-0.25, -0.2) is 8.42 Å². The summed E-state index contributed by atoms with van der Waals surface area (Å²) in [6.07, 6.45) is 0. The van der Waals surface area contributed by atoms with E-state index in [2.05, 4.69) is 4.99 Å². The van der Waals surface area contributed by atoms with Gasteiger partial charge in [-0.2, -0.15) is 4.99 Å². The van der Waals surface area contributed by atoms with Crippen molar-refractivity contribution in [2.75, 3.05) is 30.1 Å². The number of nitrogens with zero attached hydrogens (tertiary/aromatic N) is 2. The number of amidine groups is 1. The first kappa shape index (κ1) is 19.8. The first-order valence-corrected chi connectivity index (χ1v) is 11.7. The number of rotatable bonds is 5. The van der Waals surface area contributed by atoms with Crippen LogP contribution < -0.4 is 14.4 Å². The van der Waals surface area contributed by atoms with E-state index in [0.29, 0.717) is 16.7 Å². The molecule has 0 radical (unpaired) electrons. The first-order chi connectivity index (χ1) is 13.9. The van der Waals surface area contributed by atoms with Crippen molar-refractivity contribution in [3.63, 3.8) is 0 Å². The van der Waals surface area contributed by atoms with E-state index in [1.807, 2.05) is 35.2 Å². The fraction of sp³-hybridized carbons (Fsp3) is 0.300. The van der Waals surface area contributed by atoms with Gasteiger partial charge < -0.3 is 14.4 Å². The van der Waals surface area contributed by atoms with E-state index < -0.39 is 15.7 Å². The maximum atomic E-state index is 12.4. The van der Waals surface area contributed by atoms with Crippen LogP contribution in [0, 0.1) is 0 Å². The summed E-state index contributed by atoms with van der Waals surface area (Å²) in [5, 5.41) is 0.352. The predicted molar refractivity (Wildman–Crippen MR) is 114 cm³/mol. The summed E-state index contributed by atoms with van der Waals surface area (Å²) in [5.74, 6) is 1.00. The van der Waals surface area contributed by atoms with E-state index in [1.54, 1.807) is 31.4 Å². The number of hydrogen-bond acceptors (Lipinski definition) is 6. The molecule has 0 N–H and O–H groups in total. The number of fused-ring (bicyclic) bond motifs is 1. The van der Waals surface area contributed by atoms with E-state index in [-0.39, 0.29) is 29.4 Å². The molecule has 4 rings (SSSR count). The van der Waals surface area contributed by atoms with E-state index in [4.69, 9.17) is 9.47 Å². The minimum Gasteiger partial charge on any atom is -0.497 e. The number of thioether (sulfide) groups is 1. The number of benzene rings is 2. The van der Waals surface area contributed by atoms with Crippen LogP contribution in [0.25, 0.3) is 0 Å². The average Bonchev–Trinajstić information content (AvgIpc) is 3.18. The summed E-state index contributed by atoms with van der Waals surface area (Å²) in [4.78, 5) is 18.5. The highest BCUT2D eigenvalue weighted by atomic mass is 32.2. The highest BCUT2D eigenvalue weighted by Crippen LogP contribution is 2.41. The van der Waals surface area contributed by atoms with Crippen LogP contribution in [-0.2, 0) is 14.6 Å². The molecule has 2 aromatic carbocycles. The van der Waals surface area contributed by atoms with E-state index >= 15 is 0 Å². The number of para-hydroxylation sites is 1. The number of anilines is 1. The van der Waals surface area contributed by atoms with Gasteiger partial charge in [0.15, 0.2) is 21.6 Å². The number of carbonyl (C=O) groups is 1. The maximum absolute atomic E-state index is 12.4. The molecule has 0 bridgehead atoms. The average molecular weight is 433 g/mol. The third-order valence-corrected chi connectivity index (χ3v) is 7.95. The molecule has 0 aromatic heterocycles. The largest absolute Gasteiger partial charge is 0.497 e. The SMILES string of the molecule is COc1ccc(N2C(=NC(=O)COc3ccccc3)SC3CS(=O)(=O)CC32)cc1. The molecule has 2 saturated heterocycles. The van der Waals surface area contributed by atoms with Gasteiger partial charge in [-0.15, -0.1) is 0 Å². The smallest absolute Gasteiger partial charge is 0.285 e. The fourth-order valence-corrected chi connectivity index (χ4v) is 7.34. The second-order valence-electron chi connectivity index (χ2n) is 6.76. The summed E-state index contributed by atoms with van der Waals surface area (Å²) in [6, 6.07) is 16.1. The van der Waals surface area contributed by atoms with Gasteiger partial charge in [0.2, 0.25) is 0 Å². The molecule has 0 spiro atoms. The number of methoxy groups -OCH3 is 1. The Morgan fingerprint density at radius 1 is 1.10 bits per heavy atom. The second kappa shape index (κ2) is 8.08. The van der Waals surface area contributed by atoms with Crippen LogP contribution in [0.4, 0.5) is 5.69 Å². The molecule has 152 valence electrons. The number of sulfone groups is 1. The molecule has 0 saturated carbocycles. The first-order valence-electron chi connectivity index (χ1n) is 9.05. The van der Waals surface area contributed by atoms with Gasteiger partial charge in [0.1, 0.15) is 11.5 Å². The van der Waals surface area contributed by atoms with Crippen molar-refractivity contribution in [3.8, 4) is 11.5 Å². The van der Waals surface area contributed by atoms with Crippen LogP contribution in [0.15, 0.2) is 59.6 Å². The van der Waals surface area contributed by atoms with Crippen LogP contribution in [-0.4, -0.2) is 56.0 Å². The number of aliphatic imine (C=N–C) groups is 1. The van der Waals surface area contributed by atoms with Gasteiger partial charge in [-0.3, -0.25) is 4.79 Å². The molecule has 2 unspecified atom stereocenters. The molecule has 2 heterocycles. The van der Waals surface area contributed by atoms with Gasteiger partial charge in [0.05, 0.1) is 24.7 Å². The van der Waals surface area contributed by atoms with Crippen molar-refractivity contribution in [3.05, 3.63) is 54.6 Å². The molecular formula is C20H20N2O5S2.